The number of rotatable bonds is 5. The number of nitrogens with zero attached hydrogens (tertiary/aromatic N) is 2. The van der Waals surface area contributed by atoms with Gasteiger partial charge in [-0.25, -0.2) is 4.98 Å². The fourth-order valence-corrected chi connectivity index (χ4v) is 4.67. The van der Waals surface area contributed by atoms with Crippen molar-refractivity contribution in [3.8, 4) is 5.75 Å². The minimum atomic E-state index is -0.150. The SMILES string of the molecule is CCOc1ccc(C(=O)N2CCc3nc(NC(=O)c4cccs4)sc3C2)cc1. The average Bonchev–Trinajstić information content (AvgIpc) is 3.37. The lowest BCUT2D eigenvalue weighted by Gasteiger charge is -2.26. The van der Waals surface area contributed by atoms with Crippen molar-refractivity contribution in [2.45, 2.75) is 19.9 Å². The number of carbonyl (C=O) groups excluding carboxylic acids is 2. The molecule has 2 aromatic heterocycles. The second-order valence-corrected chi connectivity index (χ2v) is 8.29. The molecule has 1 N–H and O–H groups in total. The molecular formula is C20H19N3O3S2. The van der Waals surface area contributed by atoms with Gasteiger partial charge in [0.1, 0.15) is 5.75 Å². The molecule has 6 nitrogen and oxygen atoms in total. The number of nitrogens with one attached hydrogen (secondary N) is 1. The van der Waals surface area contributed by atoms with Crippen molar-refractivity contribution >= 4 is 39.6 Å². The van der Waals surface area contributed by atoms with Crippen LogP contribution in [0.25, 0.3) is 0 Å². The quantitative estimate of drug-likeness (QED) is 0.685. The highest BCUT2D eigenvalue weighted by Crippen LogP contribution is 2.29. The molecule has 28 heavy (non-hydrogen) atoms. The third-order valence-corrected chi connectivity index (χ3v) is 6.26. The second-order valence-electron chi connectivity index (χ2n) is 6.25. The smallest absolute Gasteiger partial charge is 0.267 e. The lowest BCUT2D eigenvalue weighted by Crippen LogP contribution is -2.35. The molecule has 1 aliphatic heterocycles. The van der Waals surface area contributed by atoms with Crippen molar-refractivity contribution in [1.29, 1.82) is 0 Å². The third kappa shape index (κ3) is 3.93. The fraction of sp³-hybridized carbons (Fsp3) is 0.250. The van der Waals surface area contributed by atoms with Gasteiger partial charge in [-0.05, 0) is 42.6 Å². The van der Waals surface area contributed by atoms with E-state index in [1.165, 1.54) is 22.7 Å². The monoisotopic (exact) mass is 413 g/mol. The number of amides is 2. The summed E-state index contributed by atoms with van der Waals surface area (Å²) < 4.78 is 5.43. The molecule has 144 valence electrons. The van der Waals surface area contributed by atoms with Crippen LogP contribution in [-0.2, 0) is 13.0 Å². The van der Waals surface area contributed by atoms with Crippen LogP contribution in [0.2, 0.25) is 0 Å². The van der Waals surface area contributed by atoms with Gasteiger partial charge < -0.3 is 9.64 Å². The minimum absolute atomic E-state index is 0.00808. The first-order valence-electron chi connectivity index (χ1n) is 8.99. The highest BCUT2D eigenvalue weighted by atomic mass is 32.1. The molecule has 1 aliphatic rings. The lowest BCUT2D eigenvalue weighted by molar-refractivity contribution is 0.0736. The number of anilines is 1. The molecule has 4 rings (SSSR count). The van der Waals surface area contributed by atoms with Gasteiger partial charge in [0.15, 0.2) is 5.13 Å². The zero-order chi connectivity index (χ0) is 19.5. The van der Waals surface area contributed by atoms with E-state index in [0.29, 0.717) is 41.7 Å². The summed E-state index contributed by atoms with van der Waals surface area (Å²) in [6, 6.07) is 10.8. The summed E-state index contributed by atoms with van der Waals surface area (Å²) in [6.07, 6.45) is 0.684. The van der Waals surface area contributed by atoms with Crippen LogP contribution in [0, 0.1) is 0 Å². The van der Waals surface area contributed by atoms with Crippen molar-refractivity contribution in [2.24, 2.45) is 0 Å². The Hall–Kier alpha value is -2.71. The standard InChI is InChI=1S/C20H19N3O3S2/c1-2-26-14-7-5-13(6-8-14)19(25)23-10-9-15-17(12-23)28-20(21-15)22-18(24)16-4-3-11-27-16/h3-8,11H,2,9-10,12H2,1H3,(H,21,22,24). The van der Waals surface area contributed by atoms with E-state index < -0.39 is 0 Å². The Morgan fingerprint density at radius 1 is 1.25 bits per heavy atom. The van der Waals surface area contributed by atoms with E-state index in [1.807, 2.05) is 35.4 Å². The van der Waals surface area contributed by atoms with E-state index in [-0.39, 0.29) is 11.8 Å². The number of thiophene rings is 1. The zero-order valence-electron chi connectivity index (χ0n) is 15.3. The zero-order valence-corrected chi connectivity index (χ0v) is 16.9. The van der Waals surface area contributed by atoms with E-state index in [9.17, 15) is 9.59 Å². The number of hydrogen-bond acceptors (Lipinski definition) is 6. The van der Waals surface area contributed by atoms with E-state index in [1.54, 1.807) is 18.2 Å². The summed E-state index contributed by atoms with van der Waals surface area (Å²) in [7, 11) is 0. The topological polar surface area (TPSA) is 71.5 Å². The number of hydrogen-bond donors (Lipinski definition) is 1. The summed E-state index contributed by atoms with van der Waals surface area (Å²) in [4.78, 5) is 33.1. The number of benzene rings is 1. The molecule has 0 unspecified atom stereocenters. The predicted octanol–water partition coefficient (Wildman–Crippen LogP) is 4.05. The summed E-state index contributed by atoms with van der Waals surface area (Å²) in [5.74, 6) is 0.600. The normalized spacial score (nSPS) is 13.1. The van der Waals surface area contributed by atoms with Crippen LogP contribution >= 0.6 is 22.7 Å². The molecule has 0 spiro atoms. The van der Waals surface area contributed by atoms with Gasteiger partial charge in [-0.15, -0.1) is 11.3 Å². The Labute approximate surface area is 170 Å². The molecule has 0 saturated carbocycles. The van der Waals surface area contributed by atoms with Gasteiger partial charge in [0, 0.05) is 23.4 Å². The fourth-order valence-electron chi connectivity index (χ4n) is 3.03. The van der Waals surface area contributed by atoms with Crippen LogP contribution in [-0.4, -0.2) is 34.8 Å². The van der Waals surface area contributed by atoms with Crippen molar-refractivity contribution in [2.75, 3.05) is 18.5 Å². The molecule has 3 aromatic rings. The Morgan fingerprint density at radius 3 is 2.79 bits per heavy atom. The first kappa shape index (κ1) is 18.6. The molecule has 2 amide bonds. The highest BCUT2D eigenvalue weighted by Gasteiger charge is 2.25. The van der Waals surface area contributed by atoms with Crippen LogP contribution in [0.3, 0.4) is 0 Å². The predicted molar refractivity (Wildman–Crippen MR) is 110 cm³/mol. The van der Waals surface area contributed by atoms with Crippen molar-refractivity contribution in [3.05, 3.63) is 62.8 Å². The number of carbonyl (C=O) groups is 2. The maximum Gasteiger partial charge on any atom is 0.267 e. The molecule has 0 fully saturated rings. The maximum atomic E-state index is 12.8. The van der Waals surface area contributed by atoms with E-state index in [2.05, 4.69) is 10.3 Å². The van der Waals surface area contributed by atoms with Crippen molar-refractivity contribution in [3.63, 3.8) is 0 Å². The molecule has 0 bridgehead atoms. The Balaban J connectivity index is 1.43. The average molecular weight is 414 g/mol. The van der Waals surface area contributed by atoms with Gasteiger partial charge in [-0.2, -0.15) is 0 Å². The number of fused-ring (bicyclic) bond motifs is 1. The molecule has 0 saturated heterocycles. The van der Waals surface area contributed by atoms with Gasteiger partial charge in [-0.3, -0.25) is 14.9 Å². The number of thiazole rings is 1. The summed E-state index contributed by atoms with van der Waals surface area (Å²) >= 11 is 2.83. The van der Waals surface area contributed by atoms with Gasteiger partial charge in [0.2, 0.25) is 0 Å². The lowest BCUT2D eigenvalue weighted by atomic mass is 10.1. The van der Waals surface area contributed by atoms with Crippen LogP contribution in [0.15, 0.2) is 41.8 Å². The van der Waals surface area contributed by atoms with Gasteiger partial charge in [0.25, 0.3) is 11.8 Å². The van der Waals surface area contributed by atoms with Gasteiger partial charge >= 0.3 is 0 Å². The Bertz CT molecular complexity index is 981. The highest BCUT2D eigenvalue weighted by molar-refractivity contribution is 7.16. The van der Waals surface area contributed by atoms with Crippen molar-refractivity contribution in [1.82, 2.24) is 9.88 Å². The molecular weight excluding hydrogens is 394 g/mol. The number of ether oxygens (including phenoxy) is 1. The third-order valence-electron chi connectivity index (χ3n) is 4.40. The number of aromatic nitrogens is 1. The molecule has 0 aliphatic carbocycles. The largest absolute Gasteiger partial charge is 0.494 e. The maximum absolute atomic E-state index is 12.8. The molecule has 0 atom stereocenters. The summed E-state index contributed by atoms with van der Waals surface area (Å²) in [5.41, 5.74) is 1.60. The van der Waals surface area contributed by atoms with E-state index in [4.69, 9.17) is 4.74 Å². The molecule has 0 radical (unpaired) electrons. The molecule has 8 heteroatoms. The molecule has 1 aromatic carbocycles. The van der Waals surface area contributed by atoms with Crippen LogP contribution in [0.4, 0.5) is 5.13 Å². The first-order chi connectivity index (χ1) is 13.6. The van der Waals surface area contributed by atoms with Gasteiger partial charge in [0.05, 0.1) is 23.7 Å². The minimum Gasteiger partial charge on any atom is -0.494 e. The summed E-state index contributed by atoms with van der Waals surface area (Å²) in [6.45, 7) is 3.64. The Kier molecular flexibility index (Phi) is 5.40. The Morgan fingerprint density at radius 2 is 2.07 bits per heavy atom. The summed E-state index contributed by atoms with van der Waals surface area (Å²) in [5, 5.41) is 5.31. The van der Waals surface area contributed by atoms with E-state index in [0.717, 1.165) is 16.3 Å². The molecule has 3 heterocycles. The van der Waals surface area contributed by atoms with Crippen molar-refractivity contribution < 1.29 is 14.3 Å². The first-order valence-corrected chi connectivity index (χ1v) is 10.7. The van der Waals surface area contributed by atoms with E-state index >= 15 is 0 Å². The van der Waals surface area contributed by atoms with Crippen LogP contribution in [0.5, 0.6) is 5.75 Å². The van der Waals surface area contributed by atoms with Gasteiger partial charge in [-0.1, -0.05) is 17.4 Å². The van der Waals surface area contributed by atoms with Crippen LogP contribution < -0.4 is 10.1 Å². The van der Waals surface area contributed by atoms with Crippen LogP contribution in [0.1, 0.15) is 37.5 Å². The second kappa shape index (κ2) is 8.12.